The second-order valence-electron chi connectivity index (χ2n) is 5.24. The van der Waals surface area contributed by atoms with Crippen molar-refractivity contribution in [1.29, 1.82) is 0 Å². The topological polar surface area (TPSA) is 56.2 Å². The van der Waals surface area contributed by atoms with Gasteiger partial charge in [-0.3, -0.25) is 9.36 Å². The zero-order chi connectivity index (χ0) is 18.5. The molecule has 0 fully saturated rings. The van der Waals surface area contributed by atoms with Gasteiger partial charge in [-0.2, -0.15) is 0 Å². The molecule has 0 spiro atoms. The molecular formula is C18H15F2N3O2S. The summed E-state index contributed by atoms with van der Waals surface area (Å²) in [6.07, 6.45) is 3.40. The van der Waals surface area contributed by atoms with E-state index in [-0.39, 0.29) is 11.4 Å². The van der Waals surface area contributed by atoms with Crippen molar-refractivity contribution in [3.05, 3.63) is 66.5 Å². The SMILES string of the molecule is COc1cccc(-n2ccnc2SCC(=O)Nc2ccc(F)cc2F)c1. The molecule has 0 radical (unpaired) electrons. The Balaban J connectivity index is 1.67. The van der Waals surface area contributed by atoms with E-state index in [9.17, 15) is 13.6 Å². The van der Waals surface area contributed by atoms with E-state index in [1.165, 1.54) is 17.8 Å². The van der Waals surface area contributed by atoms with Gasteiger partial charge in [-0.05, 0) is 24.3 Å². The lowest BCUT2D eigenvalue weighted by atomic mass is 10.3. The van der Waals surface area contributed by atoms with Crippen LogP contribution < -0.4 is 10.1 Å². The zero-order valence-corrected chi connectivity index (χ0v) is 14.6. The third kappa shape index (κ3) is 4.20. The maximum Gasteiger partial charge on any atom is 0.234 e. The van der Waals surface area contributed by atoms with Crippen LogP contribution in [0, 0.1) is 11.6 Å². The number of thioether (sulfide) groups is 1. The van der Waals surface area contributed by atoms with E-state index in [1.807, 2.05) is 28.8 Å². The van der Waals surface area contributed by atoms with E-state index in [0.29, 0.717) is 10.9 Å². The van der Waals surface area contributed by atoms with Crippen LogP contribution in [0.25, 0.3) is 5.69 Å². The molecule has 1 amide bonds. The molecule has 1 aromatic heterocycles. The summed E-state index contributed by atoms with van der Waals surface area (Å²) in [5.74, 6) is -1.20. The third-order valence-corrected chi connectivity index (χ3v) is 4.44. The van der Waals surface area contributed by atoms with Gasteiger partial charge in [-0.25, -0.2) is 13.8 Å². The highest BCUT2D eigenvalue weighted by molar-refractivity contribution is 7.99. The molecule has 0 aliphatic rings. The lowest BCUT2D eigenvalue weighted by molar-refractivity contribution is -0.113. The maximum atomic E-state index is 13.6. The molecular weight excluding hydrogens is 360 g/mol. The summed E-state index contributed by atoms with van der Waals surface area (Å²) in [5.41, 5.74) is 0.780. The van der Waals surface area contributed by atoms with Crippen LogP contribution in [0.2, 0.25) is 0 Å². The summed E-state index contributed by atoms with van der Waals surface area (Å²) >= 11 is 1.20. The molecule has 0 saturated carbocycles. The first-order chi connectivity index (χ1) is 12.6. The fraction of sp³-hybridized carbons (Fsp3) is 0.111. The lowest BCUT2D eigenvalue weighted by Gasteiger charge is -2.09. The smallest absolute Gasteiger partial charge is 0.234 e. The fourth-order valence-corrected chi connectivity index (χ4v) is 3.03. The normalized spacial score (nSPS) is 10.6. The molecule has 5 nitrogen and oxygen atoms in total. The van der Waals surface area contributed by atoms with Gasteiger partial charge in [0.05, 0.1) is 24.2 Å². The van der Waals surface area contributed by atoms with Crippen LogP contribution in [0.4, 0.5) is 14.5 Å². The lowest BCUT2D eigenvalue weighted by Crippen LogP contribution is -2.15. The Morgan fingerprint density at radius 3 is 2.88 bits per heavy atom. The predicted molar refractivity (Wildman–Crippen MR) is 95.8 cm³/mol. The quantitative estimate of drug-likeness (QED) is 0.664. The number of hydrogen-bond donors (Lipinski definition) is 1. The third-order valence-electron chi connectivity index (χ3n) is 3.48. The molecule has 3 rings (SSSR count). The van der Waals surface area contributed by atoms with Crippen LogP contribution in [0.15, 0.2) is 60.0 Å². The van der Waals surface area contributed by atoms with E-state index in [4.69, 9.17) is 4.74 Å². The van der Waals surface area contributed by atoms with Crippen molar-refractivity contribution in [1.82, 2.24) is 9.55 Å². The minimum absolute atomic E-state index is 0.0256. The summed E-state index contributed by atoms with van der Waals surface area (Å²) < 4.78 is 33.5. The summed E-state index contributed by atoms with van der Waals surface area (Å²) in [7, 11) is 1.58. The largest absolute Gasteiger partial charge is 0.497 e. The molecule has 0 aliphatic heterocycles. The number of carbonyl (C=O) groups is 1. The maximum absolute atomic E-state index is 13.6. The number of nitrogens with one attached hydrogen (secondary N) is 1. The zero-order valence-electron chi connectivity index (χ0n) is 13.8. The average Bonchev–Trinajstić information content (AvgIpc) is 3.11. The molecule has 0 unspecified atom stereocenters. The summed E-state index contributed by atoms with van der Waals surface area (Å²) in [5, 5.41) is 3.02. The Labute approximate surface area is 153 Å². The Kier molecular flexibility index (Phi) is 5.52. The number of aromatic nitrogens is 2. The number of hydrogen-bond acceptors (Lipinski definition) is 4. The Morgan fingerprint density at radius 2 is 2.12 bits per heavy atom. The number of benzene rings is 2. The molecule has 0 atom stereocenters. The highest BCUT2D eigenvalue weighted by Crippen LogP contribution is 2.23. The van der Waals surface area contributed by atoms with Gasteiger partial charge in [0.1, 0.15) is 17.4 Å². The molecule has 3 aromatic rings. The second kappa shape index (κ2) is 8.01. The van der Waals surface area contributed by atoms with Crippen LogP contribution >= 0.6 is 11.8 Å². The number of anilines is 1. The Morgan fingerprint density at radius 1 is 1.27 bits per heavy atom. The average molecular weight is 375 g/mol. The van der Waals surface area contributed by atoms with Crippen molar-refractivity contribution in [2.24, 2.45) is 0 Å². The summed E-state index contributed by atoms with van der Waals surface area (Å²) in [6, 6.07) is 10.4. The van der Waals surface area contributed by atoms with Gasteiger partial charge in [-0.15, -0.1) is 0 Å². The number of carbonyl (C=O) groups excluding carboxylic acids is 1. The number of imidazole rings is 1. The molecule has 1 N–H and O–H groups in total. The van der Waals surface area contributed by atoms with Crippen molar-refractivity contribution in [3.8, 4) is 11.4 Å². The number of methoxy groups -OCH3 is 1. The van der Waals surface area contributed by atoms with Gasteiger partial charge in [0.2, 0.25) is 5.91 Å². The van der Waals surface area contributed by atoms with Crippen molar-refractivity contribution in [2.45, 2.75) is 5.16 Å². The highest BCUT2D eigenvalue weighted by atomic mass is 32.2. The molecule has 0 bridgehead atoms. The summed E-state index contributed by atoms with van der Waals surface area (Å²) in [4.78, 5) is 16.3. The molecule has 1 heterocycles. The van der Waals surface area contributed by atoms with E-state index in [1.54, 1.807) is 19.5 Å². The number of ether oxygens (including phenoxy) is 1. The van der Waals surface area contributed by atoms with Crippen LogP contribution in [0.3, 0.4) is 0 Å². The van der Waals surface area contributed by atoms with Gasteiger partial charge < -0.3 is 10.1 Å². The number of rotatable bonds is 6. The van der Waals surface area contributed by atoms with Crippen molar-refractivity contribution in [2.75, 3.05) is 18.2 Å². The Bertz CT molecular complexity index is 930. The standard InChI is InChI=1S/C18H15F2N3O2S/c1-25-14-4-2-3-13(10-14)23-8-7-21-18(23)26-11-17(24)22-16-6-5-12(19)9-15(16)20/h2-10H,11H2,1H3,(H,22,24). The fourth-order valence-electron chi connectivity index (χ4n) is 2.26. The van der Waals surface area contributed by atoms with E-state index < -0.39 is 17.5 Å². The number of nitrogens with zero attached hydrogens (tertiary/aromatic N) is 2. The van der Waals surface area contributed by atoms with Crippen molar-refractivity contribution < 1.29 is 18.3 Å². The van der Waals surface area contributed by atoms with Gasteiger partial charge in [0.25, 0.3) is 0 Å². The van der Waals surface area contributed by atoms with E-state index in [0.717, 1.165) is 17.8 Å². The molecule has 26 heavy (non-hydrogen) atoms. The second-order valence-corrected chi connectivity index (χ2v) is 6.18. The van der Waals surface area contributed by atoms with E-state index in [2.05, 4.69) is 10.3 Å². The number of amides is 1. The minimum atomic E-state index is -0.818. The highest BCUT2D eigenvalue weighted by Gasteiger charge is 2.12. The molecule has 0 aliphatic carbocycles. The van der Waals surface area contributed by atoms with Crippen LogP contribution in [0.1, 0.15) is 0 Å². The van der Waals surface area contributed by atoms with Crippen LogP contribution in [-0.4, -0.2) is 28.3 Å². The molecule has 0 saturated heterocycles. The van der Waals surface area contributed by atoms with Gasteiger partial charge in [-0.1, -0.05) is 17.8 Å². The van der Waals surface area contributed by atoms with Crippen LogP contribution in [-0.2, 0) is 4.79 Å². The first-order valence-corrected chi connectivity index (χ1v) is 8.61. The molecule has 2 aromatic carbocycles. The van der Waals surface area contributed by atoms with Crippen molar-refractivity contribution >= 4 is 23.4 Å². The molecule has 134 valence electrons. The van der Waals surface area contributed by atoms with Gasteiger partial charge >= 0.3 is 0 Å². The van der Waals surface area contributed by atoms with Gasteiger partial charge in [0, 0.05) is 24.5 Å². The van der Waals surface area contributed by atoms with Crippen LogP contribution in [0.5, 0.6) is 5.75 Å². The first-order valence-electron chi connectivity index (χ1n) is 7.62. The predicted octanol–water partition coefficient (Wildman–Crippen LogP) is 3.89. The van der Waals surface area contributed by atoms with Crippen molar-refractivity contribution in [3.63, 3.8) is 0 Å². The number of halogens is 2. The minimum Gasteiger partial charge on any atom is -0.497 e. The molecule has 8 heteroatoms. The summed E-state index contributed by atoms with van der Waals surface area (Å²) in [6.45, 7) is 0. The van der Waals surface area contributed by atoms with Gasteiger partial charge in [0.15, 0.2) is 5.16 Å². The van der Waals surface area contributed by atoms with E-state index >= 15 is 0 Å². The first kappa shape index (κ1) is 17.9. The monoisotopic (exact) mass is 375 g/mol. The Hall–Kier alpha value is -2.87.